The Bertz CT molecular complexity index is 836. The van der Waals surface area contributed by atoms with Crippen molar-refractivity contribution in [2.24, 2.45) is 0 Å². The molecule has 0 heterocycles. The maximum absolute atomic E-state index is 12.4. The van der Waals surface area contributed by atoms with Gasteiger partial charge in [0.2, 0.25) is 5.91 Å². The van der Waals surface area contributed by atoms with Gasteiger partial charge in [-0.2, -0.15) is 0 Å². The summed E-state index contributed by atoms with van der Waals surface area (Å²) in [6.07, 6.45) is 62.7. The number of unbranched alkanes of at least 4 members (excludes halogenated alkanes) is 34. The molecule has 0 bridgehead atoms. The molecule has 0 aliphatic rings. The first kappa shape index (κ1) is 53.6. The molecule has 0 aromatic carbocycles. The van der Waals surface area contributed by atoms with Crippen LogP contribution >= 0.6 is 0 Å². The highest BCUT2D eigenvalue weighted by atomic mass is 16.3. The summed E-state index contributed by atoms with van der Waals surface area (Å²) in [4.78, 5) is 12.4. The Hall–Kier alpha value is -1.39. The molecule has 4 nitrogen and oxygen atoms in total. The standard InChI is InChI=1S/C51H97NO3/c1-3-5-7-9-11-13-15-17-19-21-23-25-27-28-30-32-34-36-38-40-42-44-46-50(54)49(48-53)52-51(55)47-45-43-41-39-37-35-33-31-29-26-24-22-20-18-16-14-12-10-8-6-4-2/h22,24,36,38,44,46,49-50,53-54H,3-21,23,25-35,37,39-43,45,47-48H2,1-2H3,(H,52,55)/b24-22-,38-36+,46-44+. The summed E-state index contributed by atoms with van der Waals surface area (Å²) >= 11 is 0. The third-order valence-electron chi connectivity index (χ3n) is 11.3. The van der Waals surface area contributed by atoms with E-state index in [-0.39, 0.29) is 12.5 Å². The molecule has 4 heteroatoms. The van der Waals surface area contributed by atoms with Crippen LogP contribution in [0.4, 0.5) is 0 Å². The van der Waals surface area contributed by atoms with Crippen molar-refractivity contribution in [3.63, 3.8) is 0 Å². The van der Waals surface area contributed by atoms with Crippen LogP contribution < -0.4 is 5.32 Å². The van der Waals surface area contributed by atoms with Crippen LogP contribution in [-0.4, -0.2) is 34.9 Å². The van der Waals surface area contributed by atoms with Gasteiger partial charge in [0.05, 0.1) is 18.8 Å². The maximum Gasteiger partial charge on any atom is 0.220 e. The molecule has 0 saturated heterocycles. The van der Waals surface area contributed by atoms with Gasteiger partial charge in [0.1, 0.15) is 0 Å². The van der Waals surface area contributed by atoms with Gasteiger partial charge in [-0.25, -0.2) is 0 Å². The number of aliphatic hydroxyl groups is 2. The Labute approximate surface area is 344 Å². The van der Waals surface area contributed by atoms with E-state index in [0.717, 1.165) is 32.1 Å². The second-order valence-corrected chi connectivity index (χ2v) is 16.9. The third-order valence-corrected chi connectivity index (χ3v) is 11.3. The molecule has 0 fully saturated rings. The van der Waals surface area contributed by atoms with Crippen molar-refractivity contribution >= 4 is 5.91 Å². The van der Waals surface area contributed by atoms with Crippen LogP contribution in [-0.2, 0) is 4.79 Å². The zero-order chi connectivity index (χ0) is 40.0. The second kappa shape index (κ2) is 47.0. The molecule has 3 N–H and O–H groups in total. The van der Waals surface area contributed by atoms with Crippen molar-refractivity contribution in [3.8, 4) is 0 Å². The lowest BCUT2D eigenvalue weighted by Crippen LogP contribution is -2.45. The minimum absolute atomic E-state index is 0.0737. The number of nitrogens with one attached hydrogen (secondary N) is 1. The fourth-order valence-corrected chi connectivity index (χ4v) is 7.54. The van der Waals surface area contributed by atoms with E-state index in [4.69, 9.17) is 0 Å². The lowest BCUT2D eigenvalue weighted by molar-refractivity contribution is -0.123. The molecule has 0 radical (unpaired) electrons. The molecule has 55 heavy (non-hydrogen) atoms. The predicted molar refractivity (Wildman–Crippen MR) is 244 cm³/mol. The number of allylic oxidation sites excluding steroid dienone is 5. The van der Waals surface area contributed by atoms with E-state index < -0.39 is 12.1 Å². The van der Waals surface area contributed by atoms with E-state index >= 15 is 0 Å². The van der Waals surface area contributed by atoms with Gasteiger partial charge >= 0.3 is 0 Å². The van der Waals surface area contributed by atoms with Gasteiger partial charge in [0.15, 0.2) is 0 Å². The average molecular weight is 772 g/mol. The molecular formula is C51H97NO3. The number of rotatable bonds is 45. The Morgan fingerprint density at radius 3 is 1.05 bits per heavy atom. The topological polar surface area (TPSA) is 69.6 Å². The van der Waals surface area contributed by atoms with Crippen molar-refractivity contribution in [1.29, 1.82) is 0 Å². The van der Waals surface area contributed by atoms with Gasteiger partial charge in [0, 0.05) is 6.42 Å². The zero-order valence-electron chi connectivity index (χ0n) is 37.2. The lowest BCUT2D eigenvalue weighted by atomic mass is 10.0. The Morgan fingerprint density at radius 2 is 0.709 bits per heavy atom. The molecular weight excluding hydrogens is 675 g/mol. The number of aliphatic hydroxyl groups excluding tert-OH is 2. The maximum atomic E-state index is 12.4. The molecule has 0 aliphatic heterocycles. The number of carbonyl (C=O) groups excluding carboxylic acids is 1. The van der Waals surface area contributed by atoms with Crippen molar-refractivity contribution in [1.82, 2.24) is 5.32 Å². The molecule has 0 spiro atoms. The average Bonchev–Trinajstić information content (AvgIpc) is 3.19. The molecule has 324 valence electrons. The predicted octanol–water partition coefficient (Wildman–Crippen LogP) is 15.7. The zero-order valence-corrected chi connectivity index (χ0v) is 37.2. The van der Waals surface area contributed by atoms with Crippen LogP contribution in [0.2, 0.25) is 0 Å². The van der Waals surface area contributed by atoms with Gasteiger partial charge in [-0.1, -0.05) is 237 Å². The minimum Gasteiger partial charge on any atom is -0.394 e. The van der Waals surface area contributed by atoms with Crippen molar-refractivity contribution < 1.29 is 15.0 Å². The monoisotopic (exact) mass is 772 g/mol. The molecule has 0 rings (SSSR count). The Morgan fingerprint density at radius 1 is 0.418 bits per heavy atom. The third kappa shape index (κ3) is 43.6. The van der Waals surface area contributed by atoms with Crippen molar-refractivity contribution in [2.75, 3.05) is 6.61 Å². The number of amides is 1. The van der Waals surface area contributed by atoms with E-state index in [9.17, 15) is 15.0 Å². The van der Waals surface area contributed by atoms with E-state index in [1.807, 2.05) is 6.08 Å². The van der Waals surface area contributed by atoms with E-state index in [1.54, 1.807) is 6.08 Å². The fraction of sp³-hybridized carbons (Fsp3) is 0.863. The first-order chi connectivity index (χ1) is 27.2. The highest BCUT2D eigenvalue weighted by molar-refractivity contribution is 5.76. The molecule has 0 aromatic rings. The van der Waals surface area contributed by atoms with Crippen LogP contribution in [0.5, 0.6) is 0 Å². The van der Waals surface area contributed by atoms with Crippen molar-refractivity contribution in [3.05, 3.63) is 36.5 Å². The summed E-state index contributed by atoms with van der Waals surface area (Å²) in [5, 5.41) is 23.1. The quantitative estimate of drug-likeness (QED) is 0.0426. The first-order valence-corrected chi connectivity index (χ1v) is 24.7. The van der Waals surface area contributed by atoms with Gasteiger partial charge in [0.25, 0.3) is 0 Å². The molecule has 0 aromatic heterocycles. The van der Waals surface area contributed by atoms with Gasteiger partial charge in [-0.05, 0) is 57.8 Å². The summed E-state index contributed by atoms with van der Waals surface area (Å²) < 4.78 is 0. The van der Waals surface area contributed by atoms with E-state index in [2.05, 4.69) is 43.5 Å². The summed E-state index contributed by atoms with van der Waals surface area (Å²) in [5.74, 6) is -0.0737. The smallest absolute Gasteiger partial charge is 0.220 e. The SMILES string of the molecule is CCCCCCCCCC/C=C\CCCCCCCCCCCC(=O)NC(CO)C(O)/C=C/CC/C=C/CCCCCCCCCCCCCCCCCC. The minimum atomic E-state index is -0.862. The Balaban J connectivity index is 3.57. The lowest BCUT2D eigenvalue weighted by Gasteiger charge is -2.19. The van der Waals surface area contributed by atoms with Crippen LogP contribution in [0.3, 0.4) is 0 Å². The van der Waals surface area contributed by atoms with E-state index in [1.165, 1.54) is 212 Å². The Kier molecular flexibility index (Phi) is 45.8. The first-order valence-electron chi connectivity index (χ1n) is 24.7. The molecule has 2 atom stereocenters. The van der Waals surface area contributed by atoms with Crippen LogP contribution in [0.1, 0.15) is 264 Å². The highest BCUT2D eigenvalue weighted by Crippen LogP contribution is 2.16. The summed E-state index contributed by atoms with van der Waals surface area (Å²) in [7, 11) is 0. The van der Waals surface area contributed by atoms with Gasteiger partial charge < -0.3 is 15.5 Å². The number of hydrogen-bond acceptors (Lipinski definition) is 3. The van der Waals surface area contributed by atoms with Gasteiger partial charge in [-0.3, -0.25) is 4.79 Å². The summed E-state index contributed by atoms with van der Waals surface area (Å²) in [6, 6.07) is -0.639. The molecule has 2 unspecified atom stereocenters. The normalized spacial score (nSPS) is 13.2. The largest absolute Gasteiger partial charge is 0.394 e. The number of carbonyl (C=O) groups is 1. The molecule has 1 amide bonds. The number of hydrogen-bond donors (Lipinski definition) is 3. The molecule has 0 aliphatic carbocycles. The van der Waals surface area contributed by atoms with E-state index in [0.29, 0.717) is 6.42 Å². The summed E-state index contributed by atoms with van der Waals surface area (Å²) in [5.41, 5.74) is 0. The van der Waals surface area contributed by atoms with Crippen molar-refractivity contribution in [2.45, 2.75) is 276 Å². The summed E-state index contributed by atoms with van der Waals surface area (Å²) in [6.45, 7) is 4.32. The van der Waals surface area contributed by atoms with Gasteiger partial charge in [-0.15, -0.1) is 0 Å². The van der Waals surface area contributed by atoms with Crippen LogP contribution in [0.15, 0.2) is 36.5 Å². The fourth-order valence-electron chi connectivity index (χ4n) is 7.54. The van der Waals surface area contributed by atoms with Crippen LogP contribution in [0.25, 0.3) is 0 Å². The molecule has 0 saturated carbocycles. The van der Waals surface area contributed by atoms with Crippen LogP contribution in [0, 0.1) is 0 Å². The second-order valence-electron chi connectivity index (χ2n) is 16.9. The highest BCUT2D eigenvalue weighted by Gasteiger charge is 2.17.